The minimum atomic E-state index is 0.654. The van der Waals surface area contributed by atoms with Crippen LogP contribution in [0.2, 0.25) is 0 Å². The van der Waals surface area contributed by atoms with Crippen LogP contribution in [0.1, 0.15) is 12.6 Å². The highest BCUT2D eigenvalue weighted by Crippen LogP contribution is 2.30. The Bertz CT molecular complexity index is 625. The molecule has 0 bridgehead atoms. The van der Waals surface area contributed by atoms with E-state index in [0.717, 1.165) is 27.2 Å². The number of hydrogen-bond donors (Lipinski definition) is 1. The summed E-state index contributed by atoms with van der Waals surface area (Å²) in [5.41, 5.74) is 1.81. The zero-order chi connectivity index (χ0) is 15.4. The third kappa shape index (κ3) is 3.55. The number of ether oxygens (including phenoxy) is 2. The van der Waals surface area contributed by atoms with E-state index >= 15 is 0 Å². The van der Waals surface area contributed by atoms with Gasteiger partial charge in [0.15, 0.2) is 5.82 Å². The van der Waals surface area contributed by atoms with Crippen LogP contribution in [0.15, 0.2) is 18.2 Å². The molecule has 5 nitrogen and oxygen atoms in total. The molecule has 21 heavy (non-hydrogen) atoms. The highest BCUT2D eigenvalue weighted by Gasteiger charge is 2.12. The van der Waals surface area contributed by atoms with Gasteiger partial charge in [-0.2, -0.15) is 0 Å². The maximum Gasteiger partial charge on any atom is 0.162 e. The molecule has 2 aromatic rings. The smallest absolute Gasteiger partial charge is 0.162 e. The molecule has 0 aliphatic rings. The predicted molar refractivity (Wildman–Crippen MR) is 92.2 cm³/mol. The summed E-state index contributed by atoms with van der Waals surface area (Å²) >= 11 is 2.26. The maximum absolute atomic E-state index is 5.30. The Morgan fingerprint density at radius 1 is 1.10 bits per heavy atom. The summed E-state index contributed by atoms with van der Waals surface area (Å²) in [5, 5.41) is 3.26. The molecule has 1 N–H and O–H groups in total. The van der Waals surface area contributed by atoms with Gasteiger partial charge in [-0.15, -0.1) is 0 Å². The lowest BCUT2D eigenvalue weighted by molar-refractivity contribution is 0.394. The van der Waals surface area contributed by atoms with Crippen LogP contribution in [0.3, 0.4) is 0 Å². The van der Waals surface area contributed by atoms with Gasteiger partial charge in [0.2, 0.25) is 0 Å². The number of aromatic nitrogens is 2. The Morgan fingerprint density at radius 3 is 2.24 bits per heavy atom. The lowest BCUT2D eigenvalue weighted by Crippen LogP contribution is -2.06. The molecule has 1 aromatic carbocycles. The third-order valence-electron chi connectivity index (χ3n) is 2.97. The summed E-state index contributed by atoms with van der Waals surface area (Å²) in [5.74, 6) is 2.94. The summed E-state index contributed by atoms with van der Waals surface area (Å²) in [6, 6.07) is 5.63. The van der Waals surface area contributed by atoms with E-state index in [1.807, 2.05) is 32.0 Å². The van der Waals surface area contributed by atoms with Crippen molar-refractivity contribution in [3.05, 3.63) is 27.5 Å². The average molecular weight is 399 g/mol. The number of halogens is 1. The van der Waals surface area contributed by atoms with Crippen LogP contribution in [0.5, 0.6) is 11.5 Å². The fourth-order valence-electron chi connectivity index (χ4n) is 1.91. The molecule has 0 atom stereocenters. The van der Waals surface area contributed by atoms with Crippen LogP contribution in [-0.2, 0) is 0 Å². The first-order valence-electron chi connectivity index (χ1n) is 6.60. The lowest BCUT2D eigenvalue weighted by Gasteiger charge is -2.12. The van der Waals surface area contributed by atoms with E-state index in [1.165, 1.54) is 0 Å². The van der Waals surface area contributed by atoms with Crippen LogP contribution < -0.4 is 14.8 Å². The molecule has 0 saturated carbocycles. The minimum Gasteiger partial charge on any atom is -0.497 e. The SMILES string of the molecule is CCNc1nc(-c2cc(OC)cc(OC)c2)nc(C)c1I. The topological polar surface area (TPSA) is 56.3 Å². The second-order valence-corrected chi connectivity index (χ2v) is 5.51. The van der Waals surface area contributed by atoms with Crippen molar-refractivity contribution in [2.24, 2.45) is 0 Å². The number of aryl methyl sites for hydroxylation is 1. The molecule has 1 heterocycles. The molecule has 2 rings (SSSR count). The molecular formula is C15H18IN3O2. The molecule has 0 fully saturated rings. The van der Waals surface area contributed by atoms with Crippen molar-refractivity contribution in [3.63, 3.8) is 0 Å². The standard InChI is InChI=1S/C15H18IN3O2/c1-5-17-15-13(16)9(2)18-14(19-15)10-6-11(20-3)8-12(7-10)21-4/h6-8H,5H2,1-4H3,(H,17,18,19). The van der Waals surface area contributed by atoms with E-state index in [9.17, 15) is 0 Å². The number of nitrogens with zero attached hydrogens (tertiary/aromatic N) is 2. The average Bonchev–Trinajstić information content (AvgIpc) is 2.51. The quantitative estimate of drug-likeness (QED) is 0.781. The highest BCUT2D eigenvalue weighted by atomic mass is 127. The summed E-state index contributed by atoms with van der Waals surface area (Å²) < 4.78 is 11.6. The molecule has 112 valence electrons. The molecule has 0 spiro atoms. The van der Waals surface area contributed by atoms with Crippen LogP contribution in [0.4, 0.5) is 5.82 Å². The fraction of sp³-hybridized carbons (Fsp3) is 0.333. The zero-order valence-corrected chi connectivity index (χ0v) is 14.7. The number of anilines is 1. The zero-order valence-electron chi connectivity index (χ0n) is 12.5. The first kappa shape index (κ1) is 15.8. The van der Waals surface area contributed by atoms with Crippen LogP contribution in [0.25, 0.3) is 11.4 Å². The Labute approximate surface area is 138 Å². The van der Waals surface area contributed by atoms with E-state index in [0.29, 0.717) is 17.3 Å². The number of methoxy groups -OCH3 is 2. The van der Waals surface area contributed by atoms with E-state index in [1.54, 1.807) is 14.2 Å². The van der Waals surface area contributed by atoms with E-state index in [4.69, 9.17) is 9.47 Å². The van der Waals surface area contributed by atoms with Crippen molar-refractivity contribution >= 4 is 28.4 Å². The number of hydrogen-bond acceptors (Lipinski definition) is 5. The molecule has 0 radical (unpaired) electrons. The second-order valence-electron chi connectivity index (χ2n) is 4.43. The van der Waals surface area contributed by atoms with Gasteiger partial charge in [0.05, 0.1) is 23.5 Å². The fourth-order valence-corrected chi connectivity index (χ4v) is 2.34. The van der Waals surface area contributed by atoms with Gasteiger partial charge in [0.1, 0.15) is 17.3 Å². The lowest BCUT2D eigenvalue weighted by atomic mass is 10.2. The van der Waals surface area contributed by atoms with Gasteiger partial charge < -0.3 is 14.8 Å². The molecule has 0 unspecified atom stereocenters. The molecule has 0 saturated heterocycles. The normalized spacial score (nSPS) is 10.3. The Hall–Kier alpha value is -1.57. The van der Waals surface area contributed by atoms with Gasteiger partial charge in [0, 0.05) is 18.2 Å². The van der Waals surface area contributed by atoms with E-state index < -0.39 is 0 Å². The van der Waals surface area contributed by atoms with Gasteiger partial charge in [-0.3, -0.25) is 0 Å². The van der Waals surface area contributed by atoms with Crippen molar-refractivity contribution in [2.45, 2.75) is 13.8 Å². The summed E-state index contributed by atoms with van der Waals surface area (Å²) in [6.45, 7) is 4.83. The Balaban J connectivity index is 2.55. The number of rotatable bonds is 5. The molecule has 0 amide bonds. The Morgan fingerprint density at radius 2 is 1.71 bits per heavy atom. The summed E-state index contributed by atoms with van der Waals surface area (Å²) in [7, 11) is 3.26. The third-order valence-corrected chi connectivity index (χ3v) is 4.26. The highest BCUT2D eigenvalue weighted by molar-refractivity contribution is 14.1. The number of benzene rings is 1. The first-order chi connectivity index (χ1) is 10.1. The Kier molecular flexibility index (Phi) is 5.22. The van der Waals surface area contributed by atoms with Crippen LogP contribution >= 0.6 is 22.6 Å². The molecule has 0 aliphatic carbocycles. The van der Waals surface area contributed by atoms with Crippen LogP contribution in [0, 0.1) is 10.5 Å². The largest absolute Gasteiger partial charge is 0.497 e. The van der Waals surface area contributed by atoms with Crippen molar-refractivity contribution in [1.29, 1.82) is 0 Å². The van der Waals surface area contributed by atoms with E-state index in [-0.39, 0.29) is 0 Å². The molecule has 6 heteroatoms. The van der Waals surface area contributed by atoms with Gasteiger partial charge in [-0.25, -0.2) is 9.97 Å². The summed E-state index contributed by atoms with van der Waals surface area (Å²) in [4.78, 5) is 9.17. The van der Waals surface area contributed by atoms with Crippen molar-refractivity contribution in [2.75, 3.05) is 26.1 Å². The van der Waals surface area contributed by atoms with Gasteiger partial charge >= 0.3 is 0 Å². The van der Waals surface area contributed by atoms with Crippen molar-refractivity contribution in [1.82, 2.24) is 9.97 Å². The van der Waals surface area contributed by atoms with Crippen molar-refractivity contribution < 1.29 is 9.47 Å². The maximum atomic E-state index is 5.30. The van der Waals surface area contributed by atoms with Gasteiger partial charge in [0.25, 0.3) is 0 Å². The van der Waals surface area contributed by atoms with Crippen molar-refractivity contribution in [3.8, 4) is 22.9 Å². The molecule has 1 aromatic heterocycles. The van der Waals surface area contributed by atoms with Gasteiger partial charge in [-0.05, 0) is 48.6 Å². The minimum absolute atomic E-state index is 0.654. The second kappa shape index (κ2) is 6.93. The van der Waals surface area contributed by atoms with Gasteiger partial charge in [-0.1, -0.05) is 0 Å². The monoisotopic (exact) mass is 399 g/mol. The number of nitrogens with one attached hydrogen (secondary N) is 1. The van der Waals surface area contributed by atoms with E-state index in [2.05, 4.69) is 37.9 Å². The first-order valence-corrected chi connectivity index (χ1v) is 7.68. The summed E-state index contributed by atoms with van der Waals surface area (Å²) in [6.07, 6.45) is 0. The molecular weight excluding hydrogens is 381 g/mol. The van der Waals surface area contributed by atoms with Crippen LogP contribution in [-0.4, -0.2) is 30.7 Å². The predicted octanol–water partition coefficient (Wildman–Crippen LogP) is 3.51. The molecule has 0 aliphatic heterocycles.